The van der Waals surface area contributed by atoms with Crippen LogP contribution in [0, 0.1) is 0 Å². The number of likely N-dealkylation sites (tertiary alicyclic amines) is 1. The monoisotopic (exact) mass is 400 g/mol. The highest BCUT2D eigenvalue weighted by Gasteiger charge is 2.54. The number of carboxylic acid groups (broad SMARTS) is 1. The quantitative estimate of drug-likeness (QED) is 0.655. The summed E-state index contributed by atoms with van der Waals surface area (Å²) >= 11 is 0. The van der Waals surface area contributed by atoms with Gasteiger partial charge in [0, 0.05) is 13.1 Å². The van der Waals surface area contributed by atoms with Gasteiger partial charge >= 0.3 is 12.1 Å². The number of carbonyl (C=O) groups is 2. The number of nitrogens with one attached hydrogen (secondary N) is 1. The molecule has 0 spiro atoms. The first kappa shape index (κ1) is 21.0. The van der Waals surface area contributed by atoms with Crippen molar-refractivity contribution in [3.05, 3.63) is 24.3 Å². The van der Waals surface area contributed by atoms with E-state index in [1.807, 2.05) is 5.48 Å². The molecule has 0 unspecified atom stereocenters. The van der Waals surface area contributed by atoms with Crippen molar-refractivity contribution in [3.8, 4) is 0 Å². The van der Waals surface area contributed by atoms with Crippen molar-refractivity contribution in [1.29, 1.82) is 0 Å². The van der Waals surface area contributed by atoms with Crippen molar-refractivity contribution < 1.29 is 33.1 Å². The fraction of sp³-hybridized carbons (Fsp3) is 0.529. The van der Waals surface area contributed by atoms with Crippen molar-refractivity contribution in [1.82, 2.24) is 4.90 Å². The molecule has 3 N–H and O–H groups in total. The van der Waals surface area contributed by atoms with E-state index in [1.165, 1.54) is 29.2 Å². The second kappa shape index (κ2) is 7.35. The van der Waals surface area contributed by atoms with Gasteiger partial charge in [-0.2, -0.15) is 0 Å². The molecule has 150 valence electrons. The van der Waals surface area contributed by atoms with Crippen LogP contribution in [0.15, 0.2) is 29.2 Å². The van der Waals surface area contributed by atoms with E-state index in [0.29, 0.717) is 0 Å². The van der Waals surface area contributed by atoms with Crippen LogP contribution in [0.2, 0.25) is 0 Å². The Labute approximate surface area is 157 Å². The molecule has 2 rings (SSSR count). The van der Waals surface area contributed by atoms with Crippen molar-refractivity contribution in [2.75, 3.05) is 18.6 Å². The van der Waals surface area contributed by atoms with Crippen molar-refractivity contribution in [3.63, 3.8) is 0 Å². The summed E-state index contributed by atoms with van der Waals surface area (Å²) in [5, 5.41) is 18.6. The Morgan fingerprint density at radius 3 is 2.07 bits per heavy atom. The molecule has 0 radical (unpaired) electrons. The summed E-state index contributed by atoms with van der Waals surface area (Å²) < 4.78 is 29.3. The van der Waals surface area contributed by atoms with Gasteiger partial charge in [-0.25, -0.2) is 13.2 Å². The van der Waals surface area contributed by atoms with Gasteiger partial charge in [0.05, 0.1) is 10.6 Å². The highest BCUT2D eigenvalue weighted by atomic mass is 32.2. The van der Waals surface area contributed by atoms with Crippen molar-refractivity contribution in [2.45, 2.75) is 48.9 Å². The van der Waals surface area contributed by atoms with Gasteiger partial charge in [0.25, 0.3) is 0 Å². The third kappa shape index (κ3) is 4.16. The molecular formula is C17H24N2O7S. The van der Waals surface area contributed by atoms with Gasteiger partial charge in [-0.1, -0.05) is 0 Å². The second-order valence-corrected chi connectivity index (χ2v) is 9.67. The summed E-state index contributed by atoms with van der Waals surface area (Å²) in [5.41, 5.74) is 1.46. The van der Waals surface area contributed by atoms with Crippen LogP contribution in [0.3, 0.4) is 0 Å². The number of aliphatic carboxylic acids is 1. The molecule has 1 heterocycles. The molecule has 0 aromatic heterocycles. The topological polar surface area (TPSA) is 133 Å². The Balaban J connectivity index is 2.27. The maximum atomic E-state index is 13.1. The average molecular weight is 400 g/mol. The van der Waals surface area contributed by atoms with Crippen molar-refractivity contribution >= 4 is 27.6 Å². The summed E-state index contributed by atoms with van der Waals surface area (Å²) in [7, 11) is -4.22. The Hall–Kier alpha value is -2.33. The van der Waals surface area contributed by atoms with Gasteiger partial charge in [0.15, 0.2) is 14.6 Å². The fourth-order valence-corrected chi connectivity index (χ4v) is 4.80. The number of hydrogen-bond donors (Lipinski definition) is 3. The van der Waals surface area contributed by atoms with E-state index in [0.717, 1.165) is 0 Å². The average Bonchev–Trinajstić information content (AvgIpc) is 2.60. The number of ether oxygens (including phenoxy) is 1. The van der Waals surface area contributed by atoms with Crippen LogP contribution in [0.1, 0.15) is 33.6 Å². The Kier molecular flexibility index (Phi) is 5.71. The standard InChI is InChI=1S/C17H24N2O7S/c1-16(2,3)26-15(22)19-10-8-17(9-11-19,14(20)21)27(24,25)13-6-4-12(18-23)5-7-13/h4-7,18,23H,8-11H2,1-3H3,(H,20,21). The van der Waals surface area contributed by atoms with Crippen LogP contribution in [-0.4, -0.2) is 59.1 Å². The van der Waals surface area contributed by atoms with Gasteiger partial charge < -0.3 is 14.7 Å². The third-order valence-corrected chi connectivity index (χ3v) is 6.93. The minimum Gasteiger partial charge on any atom is -0.480 e. The molecule has 0 saturated carbocycles. The maximum absolute atomic E-state index is 13.1. The first-order valence-corrected chi connectivity index (χ1v) is 9.87. The van der Waals surface area contributed by atoms with E-state index in [1.54, 1.807) is 20.8 Å². The predicted molar refractivity (Wildman–Crippen MR) is 96.4 cm³/mol. The lowest BCUT2D eigenvalue weighted by Gasteiger charge is -2.38. The summed E-state index contributed by atoms with van der Waals surface area (Å²) in [6, 6.07) is 5.13. The smallest absolute Gasteiger partial charge is 0.410 e. The molecule has 1 saturated heterocycles. The molecule has 9 nitrogen and oxygen atoms in total. The van der Waals surface area contributed by atoms with Crippen LogP contribution in [0.5, 0.6) is 0 Å². The highest BCUT2D eigenvalue weighted by Crippen LogP contribution is 2.36. The van der Waals surface area contributed by atoms with Crippen LogP contribution in [0.25, 0.3) is 0 Å². The number of rotatable bonds is 4. The van der Waals surface area contributed by atoms with Gasteiger partial charge in [-0.3, -0.25) is 15.5 Å². The maximum Gasteiger partial charge on any atom is 0.410 e. The molecule has 1 aliphatic heterocycles. The van der Waals surface area contributed by atoms with E-state index >= 15 is 0 Å². The van der Waals surface area contributed by atoms with Crippen LogP contribution in [-0.2, 0) is 19.4 Å². The summed E-state index contributed by atoms with van der Waals surface area (Å²) in [6.07, 6.45) is -1.09. The molecular weight excluding hydrogens is 376 g/mol. The molecule has 1 aromatic carbocycles. The zero-order valence-electron chi connectivity index (χ0n) is 15.4. The number of carbonyl (C=O) groups excluding carboxylic acids is 1. The second-order valence-electron chi connectivity index (χ2n) is 7.41. The molecule has 27 heavy (non-hydrogen) atoms. The molecule has 10 heteroatoms. The third-order valence-electron chi connectivity index (χ3n) is 4.42. The predicted octanol–water partition coefficient (Wildman–Crippen LogP) is 2.12. The first-order valence-electron chi connectivity index (χ1n) is 8.39. The van der Waals surface area contributed by atoms with E-state index in [-0.39, 0.29) is 36.5 Å². The Bertz CT molecular complexity index is 805. The number of benzene rings is 1. The number of hydrogen-bond acceptors (Lipinski definition) is 7. The summed E-state index contributed by atoms with van der Waals surface area (Å²) in [5.74, 6) is -1.45. The SMILES string of the molecule is CC(C)(C)OC(=O)N1CCC(C(=O)O)(S(=O)(=O)c2ccc(NO)cc2)CC1. The van der Waals surface area contributed by atoms with Crippen LogP contribution >= 0.6 is 0 Å². The van der Waals surface area contributed by atoms with Crippen LogP contribution < -0.4 is 5.48 Å². The van der Waals surface area contributed by atoms with E-state index in [4.69, 9.17) is 9.94 Å². The van der Waals surface area contributed by atoms with E-state index in [2.05, 4.69) is 0 Å². The number of anilines is 1. The number of amides is 1. The highest BCUT2D eigenvalue weighted by molar-refractivity contribution is 7.93. The van der Waals surface area contributed by atoms with Gasteiger partial charge in [-0.15, -0.1) is 0 Å². The summed E-state index contributed by atoms with van der Waals surface area (Å²) in [4.78, 5) is 25.3. The molecule has 0 aliphatic carbocycles. The largest absolute Gasteiger partial charge is 0.480 e. The van der Waals surface area contributed by atoms with E-state index < -0.39 is 32.2 Å². The number of carboxylic acids is 1. The van der Waals surface area contributed by atoms with Crippen LogP contribution in [0.4, 0.5) is 10.5 Å². The number of nitrogens with zero attached hydrogens (tertiary/aromatic N) is 1. The van der Waals surface area contributed by atoms with E-state index in [9.17, 15) is 23.1 Å². The lowest BCUT2D eigenvalue weighted by Crippen LogP contribution is -2.55. The normalized spacial score (nSPS) is 17.3. The van der Waals surface area contributed by atoms with Gasteiger partial charge in [-0.05, 0) is 57.9 Å². The molecule has 1 aromatic rings. The zero-order chi connectivity index (χ0) is 20.5. The minimum absolute atomic E-state index is 0.0449. The molecule has 0 bridgehead atoms. The molecule has 1 fully saturated rings. The molecule has 0 atom stereocenters. The lowest BCUT2D eigenvalue weighted by molar-refractivity contribution is -0.141. The Morgan fingerprint density at radius 1 is 1.15 bits per heavy atom. The van der Waals surface area contributed by atoms with Gasteiger partial charge in [0.1, 0.15) is 5.60 Å². The lowest BCUT2D eigenvalue weighted by atomic mass is 9.96. The molecule has 1 amide bonds. The number of piperidine rings is 1. The number of sulfone groups is 1. The van der Waals surface area contributed by atoms with Crippen molar-refractivity contribution in [2.24, 2.45) is 0 Å². The van der Waals surface area contributed by atoms with Gasteiger partial charge in [0.2, 0.25) is 0 Å². The first-order chi connectivity index (χ1) is 12.4. The zero-order valence-corrected chi connectivity index (χ0v) is 16.2. The Morgan fingerprint density at radius 2 is 1.67 bits per heavy atom. The fourth-order valence-electron chi connectivity index (χ4n) is 2.91. The summed E-state index contributed by atoms with van der Waals surface area (Å²) in [6.45, 7) is 5.05. The molecule has 1 aliphatic rings. The minimum atomic E-state index is -4.22.